The van der Waals surface area contributed by atoms with Crippen molar-refractivity contribution in [2.24, 2.45) is 14.1 Å². The summed E-state index contributed by atoms with van der Waals surface area (Å²) in [4.78, 5) is 25.6. The van der Waals surface area contributed by atoms with Gasteiger partial charge in [0.25, 0.3) is 5.91 Å². The molecule has 4 aromatic heterocycles. The highest BCUT2D eigenvalue weighted by atomic mass is 35.5. The van der Waals surface area contributed by atoms with Gasteiger partial charge in [0.1, 0.15) is 17.8 Å². The van der Waals surface area contributed by atoms with Crippen LogP contribution in [0.5, 0.6) is 5.75 Å². The first-order valence-electron chi connectivity index (χ1n) is 17.9. The zero-order chi connectivity index (χ0) is 37.3. The van der Waals surface area contributed by atoms with E-state index in [0.717, 1.165) is 88.6 Å². The van der Waals surface area contributed by atoms with E-state index in [4.69, 9.17) is 33.0 Å². The molecular formula is C42H41Cl2N7O2. The quantitative estimate of drug-likeness (QED) is 0.145. The minimum Gasteiger partial charge on any atom is -0.494 e. The van der Waals surface area contributed by atoms with Gasteiger partial charge in [0, 0.05) is 89.0 Å². The summed E-state index contributed by atoms with van der Waals surface area (Å²) in [5.74, 6) is 0.750. The van der Waals surface area contributed by atoms with Crippen LogP contribution in [0.3, 0.4) is 0 Å². The zero-order valence-electron chi connectivity index (χ0n) is 31.0. The third-order valence-corrected chi connectivity index (χ3v) is 11.6. The largest absolute Gasteiger partial charge is 0.494 e. The normalized spacial score (nSPS) is 14.5. The van der Waals surface area contributed by atoms with Crippen molar-refractivity contribution in [3.05, 3.63) is 111 Å². The molecule has 0 spiro atoms. The van der Waals surface area contributed by atoms with Crippen molar-refractivity contribution in [3.8, 4) is 28.0 Å². The van der Waals surface area contributed by atoms with E-state index < -0.39 is 0 Å². The van der Waals surface area contributed by atoms with E-state index in [0.29, 0.717) is 36.7 Å². The van der Waals surface area contributed by atoms with E-state index in [1.54, 1.807) is 0 Å². The SMILES string of the molecule is Cc1cc(OCCCc2c3n(c4c(-c5c(C)nn(C)c5C)c(Cl)ccc24)[C@H](C)CN(c2cn(C)c4ccc(-c5cncnc5)cc24)C3=O)cc(C)c1Cl. The summed E-state index contributed by atoms with van der Waals surface area (Å²) >= 11 is 13.6. The summed E-state index contributed by atoms with van der Waals surface area (Å²) < 4.78 is 12.5. The van der Waals surface area contributed by atoms with Crippen LogP contribution in [0.4, 0.5) is 5.69 Å². The number of carbonyl (C=O) groups excluding carboxylic acids is 1. The number of rotatable bonds is 8. The molecule has 0 saturated heterocycles. The lowest BCUT2D eigenvalue weighted by atomic mass is 9.98. The minimum atomic E-state index is -0.0642. The van der Waals surface area contributed by atoms with Gasteiger partial charge >= 0.3 is 0 Å². The van der Waals surface area contributed by atoms with Gasteiger partial charge in [0.15, 0.2) is 0 Å². The predicted molar refractivity (Wildman–Crippen MR) is 214 cm³/mol. The summed E-state index contributed by atoms with van der Waals surface area (Å²) in [7, 11) is 3.97. The number of hydrogen-bond acceptors (Lipinski definition) is 5. The molecule has 0 unspecified atom stereocenters. The molecule has 3 aromatic carbocycles. The number of anilines is 1. The number of hydrogen-bond donors (Lipinski definition) is 0. The van der Waals surface area contributed by atoms with Crippen LogP contribution in [-0.2, 0) is 20.5 Å². The smallest absolute Gasteiger partial charge is 0.275 e. The first-order valence-corrected chi connectivity index (χ1v) is 18.6. The number of carbonyl (C=O) groups is 1. The molecular weight excluding hydrogens is 705 g/mol. The van der Waals surface area contributed by atoms with Gasteiger partial charge in [0.05, 0.1) is 28.5 Å². The van der Waals surface area contributed by atoms with E-state index in [9.17, 15) is 0 Å². The van der Waals surface area contributed by atoms with Crippen LogP contribution in [0, 0.1) is 27.7 Å². The van der Waals surface area contributed by atoms with Crippen LogP contribution in [0.2, 0.25) is 10.0 Å². The van der Waals surface area contributed by atoms with Crippen molar-refractivity contribution in [3.63, 3.8) is 0 Å². The Hall–Kier alpha value is -5.12. The maximum Gasteiger partial charge on any atom is 0.275 e. The molecule has 5 heterocycles. The molecule has 7 aromatic rings. The summed E-state index contributed by atoms with van der Waals surface area (Å²) in [5.41, 5.74) is 12.3. The Labute approximate surface area is 318 Å². The van der Waals surface area contributed by atoms with Crippen LogP contribution in [0.25, 0.3) is 44.1 Å². The van der Waals surface area contributed by atoms with Crippen molar-refractivity contribution in [1.82, 2.24) is 28.9 Å². The Balaban J connectivity index is 1.26. The van der Waals surface area contributed by atoms with Gasteiger partial charge in [-0.2, -0.15) is 5.10 Å². The summed E-state index contributed by atoms with van der Waals surface area (Å²) in [5, 5.41) is 8.15. The first kappa shape index (κ1) is 34.9. The molecule has 0 N–H and O–H groups in total. The summed E-state index contributed by atoms with van der Waals surface area (Å²) in [6.45, 7) is 11.2. The minimum absolute atomic E-state index is 0.0400. The van der Waals surface area contributed by atoms with Gasteiger partial charge in [-0.15, -0.1) is 0 Å². The molecule has 11 heteroatoms. The molecule has 1 aliphatic rings. The topological polar surface area (TPSA) is 83.0 Å². The van der Waals surface area contributed by atoms with E-state index in [1.807, 2.05) is 75.0 Å². The van der Waals surface area contributed by atoms with Crippen LogP contribution in [0.15, 0.2) is 67.4 Å². The fourth-order valence-electron chi connectivity index (χ4n) is 8.15. The molecule has 270 valence electrons. The second-order valence-electron chi connectivity index (χ2n) is 14.3. The summed E-state index contributed by atoms with van der Waals surface area (Å²) in [6, 6.07) is 14.2. The summed E-state index contributed by atoms with van der Waals surface area (Å²) in [6.07, 6.45) is 8.55. The van der Waals surface area contributed by atoms with E-state index >= 15 is 4.79 Å². The Morgan fingerprint density at radius 2 is 1.64 bits per heavy atom. The molecule has 0 fully saturated rings. The maximum absolute atomic E-state index is 15.2. The number of halogens is 2. The molecule has 0 saturated carbocycles. The van der Waals surface area contributed by atoms with E-state index in [1.165, 1.54) is 6.33 Å². The third-order valence-electron chi connectivity index (χ3n) is 10.7. The van der Waals surface area contributed by atoms with Crippen molar-refractivity contribution < 1.29 is 9.53 Å². The van der Waals surface area contributed by atoms with Gasteiger partial charge in [-0.1, -0.05) is 35.3 Å². The lowest BCUT2D eigenvalue weighted by Gasteiger charge is -2.34. The maximum atomic E-state index is 15.2. The van der Waals surface area contributed by atoms with Gasteiger partial charge in [-0.25, -0.2) is 9.97 Å². The molecule has 8 rings (SSSR count). The second-order valence-corrected chi connectivity index (χ2v) is 15.0. The molecule has 0 aliphatic carbocycles. The van der Waals surface area contributed by atoms with Gasteiger partial charge < -0.3 is 18.8 Å². The molecule has 0 radical (unpaired) electrons. The lowest BCUT2D eigenvalue weighted by Crippen LogP contribution is -2.42. The van der Waals surface area contributed by atoms with Crippen LogP contribution >= 0.6 is 23.2 Å². The Kier molecular flexibility index (Phi) is 8.82. The second kappa shape index (κ2) is 13.4. The monoisotopic (exact) mass is 745 g/mol. The van der Waals surface area contributed by atoms with Gasteiger partial charge in [-0.05, 0) is 100 Å². The molecule has 1 amide bonds. The van der Waals surface area contributed by atoms with Gasteiger partial charge in [-0.3, -0.25) is 9.48 Å². The van der Waals surface area contributed by atoms with Crippen molar-refractivity contribution >= 4 is 56.6 Å². The fraction of sp³-hybridized carbons (Fsp3) is 0.286. The Morgan fingerprint density at radius 1 is 0.906 bits per heavy atom. The number of ether oxygens (including phenoxy) is 1. The van der Waals surface area contributed by atoms with Crippen molar-refractivity contribution in [1.29, 1.82) is 0 Å². The lowest BCUT2D eigenvalue weighted by molar-refractivity contribution is 0.0957. The van der Waals surface area contributed by atoms with Crippen LogP contribution in [0.1, 0.15) is 58.0 Å². The molecule has 1 aliphatic heterocycles. The number of aromatic nitrogens is 6. The first-order chi connectivity index (χ1) is 25.4. The highest BCUT2D eigenvalue weighted by molar-refractivity contribution is 6.35. The highest BCUT2D eigenvalue weighted by Crippen LogP contribution is 2.46. The van der Waals surface area contributed by atoms with Crippen molar-refractivity contribution in [2.75, 3.05) is 18.1 Å². The highest BCUT2D eigenvalue weighted by Gasteiger charge is 2.37. The van der Waals surface area contributed by atoms with Gasteiger partial charge in [0.2, 0.25) is 0 Å². The van der Waals surface area contributed by atoms with Crippen LogP contribution < -0.4 is 9.64 Å². The van der Waals surface area contributed by atoms with E-state index in [-0.39, 0.29) is 11.9 Å². The molecule has 0 bridgehead atoms. The zero-order valence-corrected chi connectivity index (χ0v) is 32.5. The number of fused-ring (bicyclic) bond motifs is 4. The number of nitrogens with zero attached hydrogens (tertiary/aromatic N) is 7. The average molecular weight is 747 g/mol. The Morgan fingerprint density at radius 3 is 2.34 bits per heavy atom. The standard InChI is InChI=1S/C42H41Cl2N7O2/c1-23-15-30(16-24(2)39(23)44)53-14-8-9-31-32-11-12-34(43)38(37-26(4)47-49(7)27(37)5)40(32)51-25(3)20-50(42(52)41(31)51)36-21-48(6)35-13-10-28(17-33(35)36)29-18-45-22-46-19-29/h10-13,15-19,21-22,25H,8-9,14,20H2,1-7H3/t25-/m1/s1. The predicted octanol–water partition coefficient (Wildman–Crippen LogP) is 9.76. The molecule has 1 atom stereocenters. The third kappa shape index (κ3) is 5.77. The average Bonchev–Trinajstić information content (AvgIpc) is 3.74. The van der Waals surface area contributed by atoms with E-state index in [2.05, 4.69) is 63.4 Å². The molecule has 53 heavy (non-hydrogen) atoms. The fourth-order valence-corrected chi connectivity index (χ4v) is 8.51. The Bertz CT molecular complexity index is 2560. The van der Waals surface area contributed by atoms with Crippen LogP contribution in [-0.4, -0.2) is 47.9 Å². The van der Waals surface area contributed by atoms with Crippen molar-refractivity contribution in [2.45, 2.75) is 53.5 Å². The number of aryl methyl sites for hydroxylation is 6. The number of benzene rings is 3. The molecule has 9 nitrogen and oxygen atoms in total. The number of amides is 1.